The number of ether oxygens (including phenoxy) is 1. The van der Waals surface area contributed by atoms with Crippen LogP contribution in [0, 0.1) is 0 Å². The Bertz CT molecular complexity index is 792. The number of fused-ring (bicyclic) bond motifs is 1. The van der Waals surface area contributed by atoms with Crippen molar-refractivity contribution in [1.82, 2.24) is 25.6 Å². The number of hydrogen-bond donors (Lipinski definition) is 2. The van der Waals surface area contributed by atoms with Crippen LogP contribution in [0.2, 0.25) is 0 Å². The summed E-state index contributed by atoms with van der Waals surface area (Å²) in [6, 6.07) is 7.24. The molecule has 0 saturated heterocycles. The summed E-state index contributed by atoms with van der Waals surface area (Å²) in [6.07, 6.45) is 0.0897. The molecule has 0 aliphatic rings. The van der Waals surface area contributed by atoms with E-state index in [4.69, 9.17) is 4.74 Å². The summed E-state index contributed by atoms with van der Waals surface area (Å²) in [7, 11) is 0. The van der Waals surface area contributed by atoms with Crippen LogP contribution in [0.5, 0.6) is 5.75 Å². The summed E-state index contributed by atoms with van der Waals surface area (Å²) in [5, 5.41) is 14.3. The first-order valence-corrected chi connectivity index (χ1v) is 6.21. The summed E-state index contributed by atoms with van der Waals surface area (Å²) >= 11 is 0. The SMILES string of the molecule is CC(C)Oc1ccc2[nH]c(=O)c(-c3nn[nH]n3)cc2c1. The molecule has 0 amide bonds. The molecule has 0 radical (unpaired) electrons. The van der Waals surface area contributed by atoms with Gasteiger partial charge in [0.1, 0.15) is 5.75 Å². The molecule has 7 heteroatoms. The zero-order valence-electron chi connectivity index (χ0n) is 11.0. The summed E-state index contributed by atoms with van der Waals surface area (Å²) in [5.74, 6) is 1.02. The number of H-pyrrole nitrogens is 2. The highest BCUT2D eigenvalue weighted by Gasteiger charge is 2.10. The Hall–Kier alpha value is -2.70. The van der Waals surface area contributed by atoms with E-state index in [0.717, 1.165) is 16.7 Å². The Morgan fingerprint density at radius 1 is 1.25 bits per heavy atom. The van der Waals surface area contributed by atoms with Crippen LogP contribution in [0.3, 0.4) is 0 Å². The molecule has 3 rings (SSSR count). The molecule has 0 fully saturated rings. The van der Waals surface area contributed by atoms with E-state index in [1.807, 2.05) is 32.0 Å². The van der Waals surface area contributed by atoms with E-state index >= 15 is 0 Å². The average molecular weight is 271 g/mol. The van der Waals surface area contributed by atoms with Gasteiger partial charge in [0, 0.05) is 10.9 Å². The fraction of sp³-hybridized carbons (Fsp3) is 0.231. The minimum Gasteiger partial charge on any atom is -0.491 e. The first-order valence-electron chi connectivity index (χ1n) is 6.21. The molecule has 0 unspecified atom stereocenters. The summed E-state index contributed by atoms with van der Waals surface area (Å²) in [5.41, 5.74) is 0.850. The van der Waals surface area contributed by atoms with E-state index in [2.05, 4.69) is 25.6 Å². The van der Waals surface area contributed by atoms with Gasteiger partial charge in [0.05, 0.1) is 11.7 Å². The van der Waals surface area contributed by atoms with Crippen molar-refractivity contribution in [2.24, 2.45) is 0 Å². The Balaban J connectivity index is 2.14. The second kappa shape index (κ2) is 4.76. The van der Waals surface area contributed by atoms with Gasteiger partial charge in [-0.15, -0.1) is 10.2 Å². The molecular formula is C13H13N5O2. The second-order valence-corrected chi connectivity index (χ2v) is 4.66. The number of rotatable bonds is 3. The maximum absolute atomic E-state index is 12.0. The largest absolute Gasteiger partial charge is 0.491 e. The van der Waals surface area contributed by atoms with Gasteiger partial charge >= 0.3 is 0 Å². The number of nitrogens with zero attached hydrogens (tertiary/aromatic N) is 3. The van der Waals surface area contributed by atoms with E-state index in [0.29, 0.717) is 5.56 Å². The van der Waals surface area contributed by atoms with E-state index in [9.17, 15) is 4.79 Å². The zero-order chi connectivity index (χ0) is 14.1. The van der Waals surface area contributed by atoms with Gasteiger partial charge in [-0.3, -0.25) is 4.79 Å². The smallest absolute Gasteiger partial charge is 0.259 e. The molecule has 2 aromatic heterocycles. The van der Waals surface area contributed by atoms with Crippen molar-refractivity contribution in [3.05, 3.63) is 34.6 Å². The zero-order valence-corrected chi connectivity index (χ0v) is 11.0. The third kappa shape index (κ3) is 2.25. The van der Waals surface area contributed by atoms with Gasteiger partial charge in [0.2, 0.25) is 5.82 Å². The molecular weight excluding hydrogens is 258 g/mol. The van der Waals surface area contributed by atoms with Gasteiger partial charge < -0.3 is 9.72 Å². The molecule has 0 bridgehead atoms. The topological polar surface area (TPSA) is 96.5 Å². The first kappa shape index (κ1) is 12.3. The minimum absolute atomic E-state index is 0.0897. The maximum Gasteiger partial charge on any atom is 0.259 e. The highest BCUT2D eigenvalue weighted by atomic mass is 16.5. The van der Waals surface area contributed by atoms with Crippen LogP contribution in [0.15, 0.2) is 29.1 Å². The van der Waals surface area contributed by atoms with Gasteiger partial charge in [-0.1, -0.05) is 0 Å². The predicted molar refractivity (Wildman–Crippen MR) is 73.5 cm³/mol. The Kier molecular flexibility index (Phi) is 2.94. The summed E-state index contributed by atoms with van der Waals surface area (Å²) < 4.78 is 5.64. The number of tetrazole rings is 1. The Morgan fingerprint density at radius 3 is 2.80 bits per heavy atom. The molecule has 3 aromatic rings. The number of nitrogens with one attached hydrogen (secondary N) is 2. The first-order chi connectivity index (χ1) is 9.63. The highest BCUT2D eigenvalue weighted by molar-refractivity contribution is 5.83. The summed E-state index contributed by atoms with van der Waals surface area (Å²) in [6.45, 7) is 3.92. The quantitative estimate of drug-likeness (QED) is 0.752. The van der Waals surface area contributed by atoms with Crippen LogP contribution in [0.25, 0.3) is 22.3 Å². The molecule has 2 N–H and O–H groups in total. The molecule has 0 atom stereocenters. The standard InChI is InChI=1S/C13H13N5O2/c1-7(2)20-9-3-4-11-8(5-9)6-10(13(19)14-11)12-15-17-18-16-12/h3-7H,1-2H3,(H,14,19)(H,15,16,17,18). The van der Waals surface area contributed by atoms with Crippen LogP contribution >= 0.6 is 0 Å². The Labute approximate surface area is 114 Å². The fourth-order valence-corrected chi connectivity index (χ4v) is 1.97. The van der Waals surface area contributed by atoms with Crippen molar-refractivity contribution in [2.45, 2.75) is 20.0 Å². The molecule has 0 saturated carbocycles. The van der Waals surface area contributed by atoms with Crippen LogP contribution in [-0.4, -0.2) is 31.7 Å². The van der Waals surface area contributed by atoms with Crippen LogP contribution in [0.1, 0.15) is 13.8 Å². The molecule has 0 spiro atoms. The summed E-state index contributed by atoms with van der Waals surface area (Å²) in [4.78, 5) is 14.8. The molecule has 102 valence electrons. The second-order valence-electron chi connectivity index (χ2n) is 4.66. The van der Waals surface area contributed by atoms with Crippen molar-refractivity contribution in [3.63, 3.8) is 0 Å². The lowest BCUT2D eigenvalue weighted by atomic mass is 10.1. The molecule has 0 aliphatic heterocycles. The average Bonchev–Trinajstić information content (AvgIpc) is 2.91. The monoisotopic (exact) mass is 271 g/mol. The number of hydrogen-bond acceptors (Lipinski definition) is 5. The van der Waals surface area contributed by atoms with Crippen molar-refractivity contribution in [3.8, 4) is 17.1 Å². The number of benzene rings is 1. The third-order valence-corrected chi connectivity index (χ3v) is 2.77. The van der Waals surface area contributed by atoms with Crippen LogP contribution < -0.4 is 10.3 Å². The van der Waals surface area contributed by atoms with Crippen molar-refractivity contribution in [1.29, 1.82) is 0 Å². The number of aromatic nitrogens is 5. The molecule has 2 heterocycles. The van der Waals surface area contributed by atoms with Gasteiger partial charge in [-0.05, 0) is 43.3 Å². The Morgan fingerprint density at radius 2 is 2.10 bits per heavy atom. The van der Waals surface area contributed by atoms with Gasteiger partial charge in [0.15, 0.2) is 0 Å². The lowest BCUT2D eigenvalue weighted by Crippen LogP contribution is -2.10. The van der Waals surface area contributed by atoms with Crippen molar-refractivity contribution in [2.75, 3.05) is 0 Å². The molecule has 7 nitrogen and oxygen atoms in total. The van der Waals surface area contributed by atoms with Gasteiger partial charge in [-0.25, -0.2) is 0 Å². The van der Waals surface area contributed by atoms with E-state index in [1.165, 1.54) is 0 Å². The van der Waals surface area contributed by atoms with Crippen LogP contribution in [0.4, 0.5) is 0 Å². The van der Waals surface area contributed by atoms with Gasteiger partial charge in [0.25, 0.3) is 5.56 Å². The van der Waals surface area contributed by atoms with Crippen molar-refractivity contribution >= 4 is 10.9 Å². The normalized spacial score (nSPS) is 11.2. The van der Waals surface area contributed by atoms with E-state index < -0.39 is 0 Å². The van der Waals surface area contributed by atoms with Gasteiger partial charge in [-0.2, -0.15) is 5.21 Å². The lowest BCUT2D eigenvalue weighted by Gasteiger charge is -2.10. The fourth-order valence-electron chi connectivity index (χ4n) is 1.97. The maximum atomic E-state index is 12.0. The number of pyridine rings is 1. The molecule has 0 aliphatic carbocycles. The molecule has 1 aromatic carbocycles. The lowest BCUT2D eigenvalue weighted by molar-refractivity contribution is 0.243. The highest BCUT2D eigenvalue weighted by Crippen LogP contribution is 2.22. The van der Waals surface area contributed by atoms with Crippen molar-refractivity contribution < 1.29 is 4.74 Å². The third-order valence-electron chi connectivity index (χ3n) is 2.77. The van der Waals surface area contributed by atoms with E-state index in [1.54, 1.807) is 6.07 Å². The predicted octanol–water partition coefficient (Wildman–Crippen LogP) is 1.50. The van der Waals surface area contributed by atoms with E-state index in [-0.39, 0.29) is 17.5 Å². The van der Waals surface area contributed by atoms with Crippen LogP contribution in [-0.2, 0) is 0 Å². The molecule has 20 heavy (non-hydrogen) atoms. The minimum atomic E-state index is -0.253. The number of aromatic amines is 2.